The first kappa shape index (κ1) is 23.2. The molecule has 2 heterocycles. The predicted molar refractivity (Wildman–Crippen MR) is 125 cm³/mol. The molecule has 1 atom stereocenters. The number of carbonyl (C=O) groups excluding carboxylic acids is 1. The van der Waals surface area contributed by atoms with E-state index in [1.165, 1.54) is 5.56 Å². The Morgan fingerprint density at radius 1 is 1.26 bits per heavy atom. The number of carbonyl (C=O) groups is 1. The Bertz CT molecular complexity index is 871. The van der Waals surface area contributed by atoms with Gasteiger partial charge in [0.15, 0.2) is 0 Å². The molecule has 1 unspecified atom stereocenters. The van der Waals surface area contributed by atoms with Crippen LogP contribution in [0.15, 0.2) is 42.5 Å². The van der Waals surface area contributed by atoms with Crippen LogP contribution in [-0.2, 0) is 28.0 Å². The van der Waals surface area contributed by atoms with Gasteiger partial charge >= 0.3 is 0 Å². The van der Waals surface area contributed by atoms with E-state index in [2.05, 4.69) is 54.4 Å². The molecule has 1 aromatic heterocycles. The molecule has 1 aliphatic heterocycles. The standard InChI is InChI=1S/C25H36N4O2/c1-19(2)15-26-22-12-11-21-17-29(16-20-9-7-6-8-10-20)18-25(3,23(21)27-22)24(30)28(4)13-14-31-5/h6-12,19H,13-18H2,1-5H3,(H,26,27). The zero-order chi connectivity index (χ0) is 22.4. The summed E-state index contributed by atoms with van der Waals surface area (Å²) in [6, 6.07) is 14.6. The van der Waals surface area contributed by atoms with Crippen molar-refractivity contribution in [3.63, 3.8) is 0 Å². The van der Waals surface area contributed by atoms with Crippen LogP contribution in [0.3, 0.4) is 0 Å². The second-order valence-corrected chi connectivity index (χ2v) is 9.16. The summed E-state index contributed by atoms with van der Waals surface area (Å²) in [7, 11) is 3.51. The number of methoxy groups -OCH3 is 1. The quantitative estimate of drug-likeness (QED) is 0.667. The van der Waals surface area contributed by atoms with Gasteiger partial charge in [0.05, 0.1) is 12.3 Å². The number of nitrogens with zero attached hydrogens (tertiary/aromatic N) is 3. The molecular formula is C25H36N4O2. The van der Waals surface area contributed by atoms with Gasteiger partial charge in [0.1, 0.15) is 11.2 Å². The fraction of sp³-hybridized carbons (Fsp3) is 0.520. The molecule has 0 saturated carbocycles. The lowest BCUT2D eigenvalue weighted by atomic mass is 9.78. The number of amides is 1. The molecule has 1 N–H and O–H groups in total. The van der Waals surface area contributed by atoms with Gasteiger partial charge in [-0.15, -0.1) is 0 Å². The van der Waals surface area contributed by atoms with Crippen molar-refractivity contribution in [2.24, 2.45) is 5.92 Å². The van der Waals surface area contributed by atoms with E-state index < -0.39 is 5.41 Å². The topological polar surface area (TPSA) is 57.7 Å². The zero-order valence-electron chi connectivity index (χ0n) is 19.5. The maximum Gasteiger partial charge on any atom is 0.235 e. The van der Waals surface area contributed by atoms with Crippen molar-refractivity contribution in [3.8, 4) is 0 Å². The van der Waals surface area contributed by atoms with Crippen molar-refractivity contribution in [2.45, 2.75) is 39.3 Å². The number of rotatable bonds is 9. The van der Waals surface area contributed by atoms with Gasteiger partial charge in [-0.1, -0.05) is 50.2 Å². The van der Waals surface area contributed by atoms with E-state index in [-0.39, 0.29) is 5.91 Å². The van der Waals surface area contributed by atoms with Gasteiger partial charge in [0.25, 0.3) is 0 Å². The van der Waals surface area contributed by atoms with Gasteiger partial charge in [-0.2, -0.15) is 0 Å². The largest absolute Gasteiger partial charge is 0.383 e. The highest BCUT2D eigenvalue weighted by Crippen LogP contribution is 2.35. The smallest absolute Gasteiger partial charge is 0.235 e. The average molecular weight is 425 g/mol. The molecule has 6 heteroatoms. The van der Waals surface area contributed by atoms with Gasteiger partial charge in [-0.3, -0.25) is 9.69 Å². The predicted octanol–water partition coefficient (Wildman–Crippen LogP) is 3.53. The van der Waals surface area contributed by atoms with E-state index in [1.54, 1.807) is 12.0 Å². The number of aromatic nitrogens is 1. The molecular weight excluding hydrogens is 388 g/mol. The molecule has 1 aromatic carbocycles. The summed E-state index contributed by atoms with van der Waals surface area (Å²) in [4.78, 5) is 22.7. The number of anilines is 1. The molecule has 168 valence electrons. The van der Waals surface area contributed by atoms with Crippen molar-refractivity contribution in [2.75, 3.05) is 45.7 Å². The van der Waals surface area contributed by atoms with Gasteiger partial charge in [-0.25, -0.2) is 4.98 Å². The third-order valence-electron chi connectivity index (χ3n) is 5.83. The van der Waals surface area contributed by atoms with Crippen LogP contribution in [0.5, 0.6) is 0 Å². The van der Waals surface area contributed by atoms with E-state index in [0.717, 1.165) is 36.7 Å². The number of ether oxygens (including phenoxy) is 1. The minimum absolute atomic E-state index is 0.0806. The second-order valence-electron chi connectivity index (χ2n) is 9.16. The van der Waals surface area contributed by atoms with Crippen LogP contribution in [-0.4, -0.2) is 61.1 Å². The number of likely N-dealkylation sites (N-methyl/N-ethyl adjacent to an activating group) is 1. The van der Waals surface area contributed by atoms with Crippen LogP contribution in [0.4, 0.5) is 5.82 Å². The third kappa shape index (κ3) is 5.63. The lowest BCUT2D eigenvalue weighted by Crippen LogP contribution is -2.54. The Hall–Kier alpha value is -2.44. The second kappa shape index (κ2) is 10.2. The monoisotopic (exact) mass is 424 g/mol. The van der Waals surface area contributed by atoms with Gasteiger partial charge in [-0.05, 0) is 30.0 Å². The summed E-state index contributed by atoms with van der Waals surface area (Å²) < 4.78 is 5.20. The van der Waals surface area contributed by atoms with E-state index in [1.807, 2.05) is 26.1 Å². The third-order valence-corrected chi connectivity index (χ3v) is 5.83. The minimum Gasteiger partial charge on any atom is -0.383 e. The highest BCUT2D eigenvalue weighted by molar-refractivity contribution is 5.88. The normalized spacial score (nSPS) is 18.6. The Morgan fingerprint density at radius 2 is 2.00 bits per heavy atom. The number of hydrogen-bond acceptors (Lipinski definition) is 5. The molecule has 0 fully saturated rings. The molecule has 0 aliphatic carbocycles. The van der Waals surface area contributed by atoms with Crippen LogP contribution >= 0.6 is 0 Å². The fourth-order valence-corrected chi connectivity index (χ4v) is 4.19. The highest BCUT2D eigenvalue weighted by Gasteiger charge is 2.44. The van der Waals surface area contributed by atoms with Crippen LogP contribution in [0, 0.1) is 5.92 Å². The summed E-state index contributed by atoms with van der Waals surface area (Å²) in [5, 5.41) is 3.42. The lowest BCUT2D eigenvalue weighted by molar-refractivity contribution is -0.137. The van der Waals surface area contributed by atoms with E-state index in [0.29, 0.717) is 25.6 Å². The van der Waals surface area contributed by atoms with Crippen LogP contribution in [0.2, 0.25) is 0 Å². The zero-order valence-corrected chi connectivity index (χ0v) is 19.5. The van der Waals surface area contributed by atoms with Crippen molar-refractivity contribution < 1.29 is 9.53 Å². The Kier molecular flexibility index (Phi) is 7.68. The van der Waals surface area contributed by atoms with Crippen molar-refractivity contribution in [1.29, 1.82) is 0 Å². The molecule has 0 radical (unpaired) electrons. The van der Waals surface area contributed by atoms with Crippen molar-refractivity contribution >= 4 is 11.7 Å². The maximum atomic E-state index is 13.6. The number of fused-ring (bicyclic) bond motifs is 1. The highest BCUT2D eigenvalue weighted by atomic mass is 16.5. The first-order valence-corrected chi connectivity index (χ1v) is 11.1. The first-order valence-electron chi connectivity index (χ1n) is 11.1. The molecule has 1 aliphatic rings. The molecule has 31 heavy (non-hydrogen) atoms. The molecule has 0 spiro atoms. The molecule has 1 amide bonds. The number of pyridine rings is 1. The lowest BCUT2D eigenvalue weighted by Gasteiger charge is -2.42. The van der Waals surface area contributed by atoms with Gasteiger partial charge in [0, 0.05) is 46.9 Å². The maximum absolute atomic E-state index is 13.6. The summed E-state index contributed by atoms with van der Waals surface area (Å²) in [5.74, 6) is 1.44. The summed E-state index contributed by atoms with van der Waals surface area (Å²) in [6.07, 6.45) is 0. The first-order chi connectivity index (χ1) is 14.8. The summed E-state index contributed by atoms with van der Waals surface area (Å²) >= 11 is 0. The Labute approximate surface area is 186 Å². The van der Waals surface area contributed by atoms with Gasteiger partial charge < -0.3 is 15.0 Å². The van der Waals surface area contributed by atoms with Crippen LogP contribution in [0.1, 0.15) is 37.6 Å². The van der Waals surface area contributed by atoms with E-state index in [9.17, 15) is 4.79 Å². The summed E-state index contributed by atoms with van der Waals surface area (Å²) in [5.41, 5.74) is 2.53. The molecule has 0 saturated heterocycles. The van der Waals surface area contributed by atoms with Crippen molar-refractivity contribution in [1.82, 2.24) is 14.8 Å². The van der Waals surface area contributed by atoms with Crippen LogP contribution in [0.25, 0.3) is 0 Å². The Morgan fingerprint density at radius 3 is 2.68 bits per heavy atom. The summed E-state index contributed by atoms with van der Waals surface area (Å²) in [6.45, 7) is 10.5. The average Bonchev–Trinajstić information content (AvgIpc) is 2.76. The van der Waals surface area contributed by atoms with E-state index >= 15 is 0 Å². The molecule has 6 nitrogen and oxygen atoms in total. The number of benzene rings is 1. The van der Waals surface area contributed by atoms with Crippen LogP contribution < -0.4 is 5.32 Å². The number of hydrogen-bond donors (Lipinski definition) is 1. The van der Waals surface area contributed by atoms with E-state index in [4.69, 9.17) is 9.72 Å². The number of nitrogens with one attached hydrogen (secondary N) is 1. The van der Waals surface area contributed by atoms with Gasteiger partial charge in [0.2, 0.25) is 5.91 Å². The SMILES string of the molecule is COCCN(C)C(=O)C1(C)CN(Cc2ccccc2)Cc2ccc(NCC(C)C)nc21. The van der Waals surface area contributed by atoms with Crippen molar-refractivity contribution in [3.05, 3.63) is 59.3 Å². The molecule has 3 rings (SSSR count). The Balaban J connectivity index is 1.93. The molecule has 0 bridgehead atoms. The molecule has 2 aromatic rings. The fourth-order valence-electron chi connectivity index (χ4n) is 4.19. The minimum atomic E-state index is -0.722.